The normalized spacial score (nSPS) is 39.0. The number of allylic oxidation sites excluding steroid dienone is 1. The highest BCUT2D eigenvalue weighted by molar-refractivity contribution is 8.13. The van der Waals surface area contributed by atoms with Crippen LogP contribution in [0.2, 0.25) is 0 Å². The highest BCUT2D eigenvalue weighted by atomic mass is 32.2. The number of fused-ring (bicyclic) bond motifs is 6. The summed E-state index contributed by atoms with van der Waals surface area (Å²) in [6.45, 7) is 4.17. The van der Waals surface area contributed by atoms with Crippen LogP contribution < -0.4 is 0 Å². The lowest BCUT2D eigenvalue weighted by molar-refractivity contribution is -0.173. The van der Waals surface area contributed by atoms with Crippen LogP contribution in [0.15, 0.2) is 36.0 Å². The van der Waals surface area contributed by atoms with Crippen molar-refractivity contribution in [1.29, 1.82) is 0 Å². The SMILES string of the molecule is C[C@]12Cc3cnn(-c4ccc(F)cc4)c3C=C1CCC1[C@@H]2[C@@H](O)C[C@@]2(C)[C@H]1CC[C@]2(O)C(=O)SCF. The number of carbonyl (C=O) groups excluding carboxylic acids is 1. The number of thioether (sulfide) groups is 1. The summed E-state index contributed by atoms with van der Waals surface area (Å²) < 4.78 is 28.3. The Kier molecular flexibility index (Phi) is 5.56. The Bertz CT molecular complexity index is 1250. The molecule has 0 radical (unpaired) electrons. The molecule has 1 unspecified atom stereocenters. The number of aliphatic hydroxyl groups excluding tert-OH is 1. The number of hydrogen-bond acceptors (Lipinski definition) is 5. The van der Waals surface area contributed by atoms with Gasteiger partial charge in [-0.1, -0.05) is 31.2 Å². The molecule has 4 aliphatic rings. The Morgan fingerprint density at radius 3 is 2.72 bits per heavy atom. The number of carbonyl (C=O) groups is 1. The van der Waals surface area contributed by atoms with Crippen molar-refractivity contribution in [2.24, 2.45) is 28.6 Å². The Hall–Kier alpha value is -2.03. The van der Waals surface area contributed by atoms with Gasteiger partial charge in [0.25, 0.3) is 0 Å². The first kappa shape index (κ1) is 24.3. The van der Waals surface area contributed by atoms with Gasteiger partial charge < -0.3 is 10.2 Å². The van der Waals surface area contributed by atoms with Gasteiger partial charge in [0.1, 0.15) is 17.4 Å². The summed E-state index contributed by atoms with van der Waals surface area (Å²) >= 11 is 0.547. The van der Waals surface area contributed by atoms with Crippen molar-refractivity contribution in [1.82, 2.24) is 9.78 Å². The van der Waals surface area contributed by atoms with Crippen LogP contribution >= 0.6 is 11.8 Å². The van der Waals surface area contributed by atoms with Gasteiger partial charge in [0.2, 0.25) is 5.12 Å². The minimum atomic E-state index is -1.60. The van der Waals surface area contributed by atoms with E-state index in [1.165, 1.54) is 17.7 Å². The lowest BCUT2D eigenvalue weighted by atomic mass is 9.45. The Balaban J connectivity index is 1.35. The molecule has 7 atom stereocenters. The van der Waals surface area contributed by atoms with E-state index >= 15 is 0 Å². The number of alkyl halides is 1. The lowest BCUT2D eigenvalue weighted by Crippen LogP contribution is -2.61. The van der Waals surface area contributed by atoms with Gasteiger partial charge >= 0.3 is 0 Å². The molecule has 192 valence electrons. The van der Waals surface area contributed by atoms with E-state index in [-0.39, 0.29) is 29.0 Å². The molecule has 6 rings (SSSR count). The fourth-order valence-corrected chi connectivity index (χ4v) is 9.15. The molecule has 2 N–H and O–H groups in total. The van der Waals surface area contributed by atoms with Crippen molar-refractivity contribution in [3.05, 3.63) is 53.1 Å². The number of aromatic nitrogens is 2. The monoisotopic (exact) mass is 514 g/mol. The zero-order valence-corrected chi connectivity index (χ0v) is 21.4. The highest BCUT2D eigenvalue weighted by Crippen LogP contribution is 2.68. The number of benzene rings is 1. The van der Waals surface area contributed by atoms with E-state index < -0.39 is 28.2 Å². The van der Waals surface area contributed by atoms with Crippen LogP contribution in [0.1, 0.15) is 57.2 Å². The first-order valence-electron chi connectivity index (χ1n) is 12.8. The van der Waals surface area contributed by atoms with Gasteiger partial charge in [-0.05, 0) is 97.6 Å². The molecule has 3 fully saturated rings. The van der Waals surface area contributed by atoms with Gasteiger partial charge in [-0.2, -0.15) is 5.10 Å². The minimum Gasteiger partial charge on any atom is -0.393 e. The summed E-state index contributed by atoms with van der Waals surface area (Å²) in [5.74, 6) is -0.0103. The van der Waals surface area contributed by atoms with Gasteiger partial charge in [0, 0.05) is 5.41 Å². The molecule has 1 aromatic carbocycles. The quantitative estimate of drug-likeness (QED) is 0.597. The lowest BCUT2D eigenvalue weighted by Gasteiger charge is -2.60. The third-order valence-corrected chi connectivity index (χ3v) is 10.9. The number of halogens is 2. The molecule has 0 aliphatic heterocycles. The molecule has 8 heteroatoms. The Morgan fingerprint density at radius 1 is 1.25 bits per heavy atom. The minimum absolute atomic E-state index is 0.00387. The van der Waals surface area contributed by atoms with Gasteiger partial charge in [-0.3, -0.25) is 4.79 Å². The Labute approximate surface area is 214 Å². The first-order chi connectivity index (χ1) is 17.1. The number of hydrogen-bond donors (Lipinski definition) is 2. The molecule has 36 heavy (non-hydrogen) atoms. The zero-order valence-electron chi connectivity index (χ0n) is 20.6. The van der Waals surface area contributed by atoms with E-state index in [4.69, 9.17) is 0 Å². The van der Waals surface area contributed by atoms with Crippen LogP contribution in [0.3, 0.4) is 0 Å². The average Bonchev–Trinajstić information content (AvgIpc) is 3.35. The fraction of sp³-hybridized carbons (Fsp3) is 0.571. The van der Waals surface area contributed by atoms with Crippen molar-refractivity contribution in [2.45, 2.75) is 64.1 Å². The maximum atomic E-state index is 13.5. The third kappa shape index (κ3) is 3.19. The Morgan fingerprint density at radius 2 is 2.00 bits per heavy atom. The van der Waals surface area contributed by atoms with Crippen LogP contribution in [-0.2, 0) is 11.2 Å². The second-order valence-electron chi connectivity index (χ2n) is 11.7. The van der Waals surface area contributed by atoms with E-state index in [0.717, 1.165) is 36.2 Å². The number of aliphatic hydroxyl groups is 2. The molecule has 3 saturated carbocycles. The molecule has 0 spiro atoms. The van der Waals surface area contributed by atoms with Crippen LogP contribution in [0.5, 0.6) is 0 Å². The van der Waals surface area contributed by atoms with Gasteiger partial charge in [-0.15, -0.1) is 0 Å². The van der Waals surface area contributed by atoms with E-state index in [0.29, 0.717) is 31.0 Å². The largest absolute Gasteiger partial charge is 0.393 e. The summed E-state index contributed by atoms with van der Waals surface area (Å²) in [5.41, 5.74) is 1.58. The summed E-state index contributed by atoms with van der Waals surface area (Å²) in [5, 5.41) is 27.3. The van der Waals surface area contributed by atoms with E-state index in [9.17, 15) is 23.8 Å². The van der Waals surface area contributed by atoms with Crippen LogP contribution in [0.25, 0.3) is 11.8 Å². The predicted molar refractivity (Wildman–Crippen MR) is 135 cm³/mol. The highest BCUT2D eigenvalue weighted by Gasteiger charge is 2.68. The summed E-state index contributed by atoms with van der Waals surface area (Å²) in [6, 6.07) is 5.46. The summed E-state index contributed by atoms with van der Waals surface area (Å²) in [7, 11) is 0. The van der Waals surface area contributed by atoms with Crippen LogP contribution in [0.4, 0.5) is 8.78 Å². The van der Waals surface area contributed by atoms with Crippen molar-refractivity contribution < 1.29 is 23.8 Å². The maximum Gasteiger partial charge on any atom is 0.223 e. The van der Waals surface area contributed by atoms with Crippen LogP contribution in [-0.4, -0.2) is 42.8 Å². The molecule has 1 aromatic heterocycles. The smallest absolute Gasteiger partial charge is 0.223 e. The number of nitrogens with zero attached hydrogens (tertiary/aromatic N) is 2. The molecule has 0 amide bonds. The molecule has 1 heterocycles. The third-order valence-electron chi connectivity index (χ3n) is 10.2. The molecular weight excluding hydrogens is 482 g/mol. The zero-order chi connectivity index (χ0) is 25.5. The van der Waals surface area contributed by atoms with E-state index in [2.05, 4.69) is 18.1 Å². The van der Waals surface area contributed by atoms with Crippen molar-refractivity contribution in [3.63, 3.8) is 0 Å². The van der Waals surface area contributed by atoms with Gasteiger partial charge in [0.15, 0.2) is 0 Å². The van der Waals surface area contributed by atoms with Gasteiger partial charge in [-0.25, -0.2) is 13.5 Å². The summed E-state index contributed by atoms with van der Waals surface area (Å²) in [4.78, 5) is 12.8. The maximum absolute atomic E-state index is 13.5. The van der Waals surface area contributed by atoms with Crippen LogP contribution in [0, 0.1) is 34.4 Å². The fourth-order valence-electron chi connectivity index (χ4n) is 8.48. The second kappa shape index (κ2) is 8.23. The predicted octanol–water partition coefficient (Wildman–Crippen LogP) is 5.08. The second-order valence-corrected chi connectivity index (χ2v) is 12.5. The van der Waals surface area contributed by atoms with E-state index in [1.807, 2.05) is 17.8 Å². The summed E-state index contributed by atoms with van der Waals surface area (Å²) in [6.07, 6.45) is 7.27. The molecule has 4 aliphatic carbocycles. The van der Waals surface area contributed by atoms with Crippen molar-refractivity contribution >= 4 is 23.0 Å². The molecule has 2 aromatic rings. The number of rotatable bonds is 3. The topological polar surface area (TPSA) is 75.3 Å². The molecule has 5 nitrogen and oxygen atoms in total. The first-order valence-corrected chi connectivity index (χ1v) is 13.8. The molecular formula is C28H32F2N2O3S. The van der Waals surface area contributed by atoms with Gasteiger partial charge in [0.05, 0.1) is 23.7 Å². The molecule has 0 bridgehead atoms. The van der Waals surface area contributed by atoms with Crippen molar-refractivity contribution in [2.75, 3.05) is 6.01 Å². The average molecular weight is 515 g/mol. The standard InChI is InChI=1S/C28H32F2N2O3S/c1-26-12-16-14-31-32(19-6-4-18(30)5-7-19)22(16)11-17(26)3-8-20-21-9-10-28(35,25(34)36-15-29)27(21,2)13-23(33)24(20)26/h4-7,11,14,20-21,23-24,33,35H,3,8-10,12-13,15H2,1-2H3/t20?,21-,23-,24+,26-,27-,28-/m0/s1. The van der Waals surface area contributed by atoms with E-state index in [1.54, 1.807) is 12.1 Å². The molecule has 0 saturated heterocycles. The van der Waals surface area contributed by atoms with Crippen molar-refractivity contribution in [3.8, 4) is 5.69 Å².